The van der Waals surface area contributed by atoms with E-state index in [0.29, 0.717) is 19.4 Å². The minimum absolute atomic E-state index is 0.162. The minimum Gasteiger partial charge on any atom is -0.460 e. The van der Waals surface area contributed by atoms with E-state index < -0.39 is 46.3 Å². The lowest BCUT2D eigenvalue weighted by atomic mass is 10.0. The Morgan fingerprint density at radius 1 is 1.19 bits per heavy atom. The van der Waals surface area contributed by atoms with Crippen LogP contribution in [0.25, 0.3) is 0 Å². The first-order valence-electron chi connectivity index (χ1n) is 10.4. The molecule has 1 rings (SSSR count). The van der Waals surface area contributed by atoms with Gasteiger partial charge in [-0.3, -0.25) is 24.2 Å². The van der Waals surface area contributed by atoms with Gasteiger partial charge in [-0.15, -0.1) is 0 Å². The van der Waals surface area contributed by atoms with Crippen LogP contribution in [0, 0.1) is 5.92 Å². The van der Waals surface area contributed by atoms with Crippen LogP contribution in [0.2, 0.25) is 0 Å². The molecule has 1 aliphatic rings. The number of ether oxygens (including phenoxy) is 1. The summed E-state index contributed by atoms with van der Waals surface area (Å²) in [7, 11) is 0. The lowest BCUT2D eigenvalue weighted by Crippen LogP contribution is -2.61. The number of esters is 1. The second-order valence-electron chi connectivity index (χ2n) is 7.83. The van der Waals surface area contributed by atoms with Gasteiger partial charge in [0, 0.05) is 13.0 Å². The summed E-state index contributed by atoms with van der Waals surface area (Å²) in [6, 6.07) is -2.46. The van der Waals surface area contributed by atoms with Crippen molar-refractivity contribution in [1.29, 1.82) is 0 Å². The van der Waals surface area contributed by atoms with Crippen molar-refractivity contribution < 1.29 is 23.9 Å². The molecule has 0 radical (unpaired) electrons. The molecule has 9 nitrogen and oxygen atoms in total. The van der Waals surface area contributed by atoms with Gasteiger partial charge >= 0.3 is 5.97 Å². The molecule has 12 heteroatoms. The molecule has 3 N–H and O–H groups in total. The zero-order valence-electron chi connectivity index (χ0n) is 18.6. The van der Waals surface area contributed by atoms with Gasteiger partial charge in [-0.1, -0.05) is 60.8 Å². The Morgan fingerprint density at radius 3 is 2.41 bits per heavy atom. The first-order valence-corrected chi connectivity index (χ1v) is 11.5. The molecule has 0 saturated carbocycles. The van der Waals surface area contributed by atoms with Crippen LogP contribution >= 0.6 is 34.8 Å². The van der Waals surface area contributed by atoms with Gasteiger partial charge in [-0.2, -0.15) is 0 Å². The van der Waals surface area contributed by atoms with Crippen molar-refractivity contribution in [2.75, 3.05) is 13.2 Å². The van der Waals surface area contributed by atoms with E-state index >= 15 is 0 Å². The van der Waals surface area contributed by atoms with E-state index in [4.69, 9.17) is 39.5 Å². The van der Waals surface area contributed by atoms with Crippen LogP contribution in [0.4, 0.5) is 0 Å². The Bertz CT molecular complexity index is 712. The number of alkyl halides is 3. The fourth-order valence-electron chi connectivity index (χ4n) is 2.96. The zero-order chi connectivity index (χ0) is 24.5. The van der Waals surface area contributed by atoms with Crippen molar-refractivity contribution in [3.63, 3.8) is 0 Å². The van der Waals surface area contributed by atoms with Gasteiger partial charge in [0.2, 0.25) is 15.6 Å². The van der Waals surface area contributed by atoms with Gasteiger partial charge in [0.25, 0.3) is 5.91 Å². The van der Waals surface area contributed by atoms with Crippen molar-refractivity contribution >= 4 is 58.5 Å². The molecule has 0 aromatic heterocycles. The highest BCUT2D eigenvalue weighted by atomic mass is 35.6. The molecule has 182 valence electrons. The molecular weight excluding hydrogens is 483 g/mol. The highest BCUT2D eigenvalue weighted by molar-refractivity contribution is 6.67. The number of rotatable bonds is 9. The third-order valence-corrected chi connectivity index (χ3v) is 4.98. The topological polar surface area (TPSA) is 117 Å². The number of hydrazine groups is 1. The van der Waals surface area contributed by atoms with Crippen LogP contribution in [0.15, 0.2) is 12.2 Å². The lowest BCUT2D eigenvalue weighted by Gasteiger charge is -2.34. The van der Waals surface area contributed by atoms with E-state index in [9.17, 15) is 19.2 Å². The third kappa shape index (κ3) is 9.94. The molecule has 0 bridgehead atoms. The SMILES string of the molecule is CC=CCC(=O)NC(C(=O)NC(C)C(=O)N1CCCC(C(=O)OCC(Cl)(Cl)Cl)N1)C(C)C. The smallest absolute Gasteiger partial charge is 0.325 e. The van der Waals surface area contributed by atoms with Crippen molar-refractivity contribution in [1.82, 2.24) is 21.1 Å². The third-order valence-electron chi connectivity index (χ3n) is 4.65. The van der Waals surface area contributed by atoms with Crippen LogP contribution < -0.4 is 16.1 Å². The fourth-order valence-corrected chi connectivity index (χ4v) is 3.12. The predicted octanol–water partition coefficient (Wildman–Crippen LogP) is 2.01. The molecule has 1 aliphatic heterocycles. The van der Waals surface area contributed by atoms with Crippen LogP contribution in [-0.4, -0.2) is 63.8 Å². The second-order valence-corrected chi connectivity index (χ2v) is 10.3. The van der Waals surface area contributed by atoms with E-state index in [0.717, 1.165) is 0 Å². The van der Waals surface area contributed by atoms with Gasteiger partial charge in [-0.05, 0) is 32.6 Å². The Morgan fingerprint density at radius 2 is 1.84 bits per heavy atom. The molecule has 0 spiro atoms. The standard InChI is InChI=1S/C20H31Cl3N4O5/c1-5-6-9-15(28)25-16(12(2)3)17(29)24-13(4)18(30)27-10-7-8-14(26-27)19(31)32-11-20(21,22)23/h5-6,12-14,16,26H,7-11H2,1-4H3,(H,24,29)(H,25,28). The Balaban J connectivity index is 2.67. The van der Waals surface area contributed by atoms with Crippen LogP contribution in [0.3, 0.4) is 0 Å². The number of allylic oxidation sites excluding steroid dienone is 1. The lowest BCUT2D eigenvalue weighted by molar-refractivity contribution is -0.152. The molecule has 32 heavy (non-hydrogen) atoms. The average molecular weight is 514 g/mol. The van der Waals surface area contributed by atoms with Crippen molar-refractivity contribution in [3.05, 3.63) is 12.2 Å². The van der Waals surface area contributed by atoms with Gasteiger partial charge in [0.05, 0.1) is 0 Å². The van der Waals surface area contributed by atoms with Crippen molar-refractivity contribution in [2.45, 2.75) is 68.9 Å². The summed E-state index contributed by atoms with van der Waals surface area (Å²) in [6.45, 7) is 6.86. The van der Waals surface area contributed by atoms with Gasteiger partial charge in [0.15, 0.2) is 0 Å². The minimum atomic E-state index is -1.73. The number of amides is 3. The summed E-state index contributed by atoms with van der Waals surface area (Å²) in [5.41, 5.74) is 2.80. The van der Waals surface area contributed by atoms with Gasteiger partial charge < -0.3 is 15.4 Å². The van der Waals surface area contributed by atoms with E-state index in [1.807, 2.05) is 0 Å². The number of nitrogens with zero attached hydrogens (tertiary/aromatic N) is 1. The summed E-state index contributed by atoms with van der Waals surface area (Å²) in [5.74, 6) is -2.01. The molecule has 1 heterocycles. The van der Waals surface area contributed by atoms with Gasteiger partial charge in [-0.25, -0.2) is 5.43 Å². The zero-order valence-corrected chi connectivity index (χ0v) is 20.9. The van der Waals surface area contributed by atoms with Gasteiger partial charge in [0.1, 0.15) is 24.7 Å². The largest absolute Gasteiger partial charge is 0.460 e. The molecule has 0 aromatic rings. The van der Waals surface area contributed by atoms with Crippen LogP contribution in [-0.2, 0) is 23.9 Å². The van der Waals surface area contributed by atoms with Crippen molar-refractivity contribution in [2.24, 2.45) is 5.92 Å². The normalized spacial score (nSPS) is 18.9. The fraction of sp³-hybridized carbons (Fsp3) is 0.700. The highest BCUT2D eigenvalue weighted by Gasteiger charge is 2.34. The summed E-state index contributed by atoms with van der Waals surface area (Å²) >= 11 is 16.8. The maximum absolute atomic E-state index is 12.8. The van der Waals surface area contributed by atoms with Crippen molar-refractivity contribution in [3.8, 4) is 0 Å². The van der Waals surface area contributed by atoms with E-state index in [-0.39, 0.29) is 18.2 Å². The summed E-state index contributed by atoms with van der Waals surface area (Å²) < 4.78 is 3.24. The first kappa shape index (κ1) is 28.5. The van der Waals surface area contributed by atoms with Crippen LogP contribution in [0.5, 0.6) is 0 Å². The number of carbonyl (C=O) groups is 4. The first-order chi connectivity index (χ1) is 14.9. The Labute approximate surface area is 203 Å². The number of halogens is 3. The number of hydrogen-bond donors (Lipinski definition) is 3. The Kier molecular flexibility index (Phi) is 11.8. The maximum Gasteiger partial charge on any atom is 0.325 e. The highest BCUT2D eigenvalue weighted by Crippen LogP contribution is 2.26. The molecule has 1 fully saturated rings. The summed E-state index contributed by atoms with van der Waals surface area (Å²) in [4.78, 5) is 49.7. The molecule has 0 aromatic carbocycles. The average Bonchev–Trinajstić information content (AvgIpc) is 2.72. The molecule has 3 atom stereocenters. The molecule has 0 aliphatic carbocycles. The molecule has 3 amide bonds. The second kappa shape index (κ2) is 13.2. The number of nitrogens with one attached hydrogen (secondary N) is 3. The maximum atomic E-state index is 12.8. The number of carbonyl (C=O) groups excluding carboxylic acids is 4. The van der Waals surface area contributed by atoms with E-state index in [1.165, 1.54) is 11.9 Å². The molecule has 3 unspecified atom stereocenters. The monoisotopic (exact) mass is 512 g/mol. The number of hydrogen-bond acceptors (Lipinski definition) is 6. The quantitative estimate of drug-likeness (QED) is 0.247. The van der Waals surface area contributed by atoms with E-state index in [2.05, 4.69) is 16.1 Å². The molecule has 1 saturated heterocycles. The van der Waals surface area contributed by atoms with Crippen LogP contribution in [0.1, 0.15) is 47.0 Å². The summed E-state index contributed by atoms with van der Waals surface area (Å²) in [6.07, 6.45) is 4.58. The van der Waals surface area contributed by atoms with E-state index in [1.54, 1.807) is 32.9 Å². The predicted molar refractivity (Wildman–Crippen MR) is 123 cm³/mol. The summed E-state index contributed by atoms with van der Waals surface area (Å²) in [5, 5.41) is 6.59. The Hall–Kier alpha value is -1.55. The molecular formula is C20H31Cl3N4O5.